The number of hydrogen-bond acceptors (Lipinski definition) is 8. The number of H-pyrrole nitrogens is 2. The molecular formula is C21H32N8O5S. The molecular weight excluding hydrogens is 476 g/mol. The second-order valence-electron chi connectivity index (χ2n) is 8.18. The van der Waals surface area contributed by atoms with Gasteiger partial charge in [-0.25, -0.2) is 14.8 Å². The molecule has 13 nitrogen and oxygen atoms in total. The number of aromatic nitrogens is 4. The SMILES string of the molecule is CCC(C)C(N)C(=O)NC(Cc1cnc[nH]1)C(=O)NC(CS)C(=O)NC(Cc1cnc[nH]1)C(=O)O. The number of carboxylic acid groups (broad SMARTS) is 1. The van der Waals surface area contributed by atoms with Crippen molar-refractivity contribution in [1.82, 2.24) is 35.9 Å². The molecule has 0 saturated heterocycles. The molecule has 0 aliphatic heterocycles. The van der Waals surface area contributed by atoms with Gasteiger partial charge in [-0.05, 0) is 5.92 Å². The molecule has 5 atom stereocenters. The van der Waals surface area contributed by atoms with Gasteiger partial charge in [0.2, 0.25) is 17.7 Å². The van der Waals surface area contributed by atoms with E-state index in [0.29, 0.717) is 17.8 Å². The van der Waals surface area contributed by atoms with Gasteiger partial charge in [-0.3, -0.25) is 14.4 Å². The molecule has 14 heteroatoms. The van der Waals surface area contributed by atoms with Crippen LogP contribution in [-0.2, 0) is 32.0 Å². The lowest BCUT2D eigenvalue weighted by molar-refractivity contribution is -0.142. The van der Waals surface area contributed by atoms with Crippen molar-refractivity contribution >= 4 is 36.3 Å². The number of carboxylic acids is 1. The number of imidazole rings is 2. The van der Waals surface area contributed by atoms with Crippen LogP contribution in [0.5, 0.6) is 0 Å². The lowest BCUT2D eigenvalue weighted by Gasteiger charge is -2.25. The number of nitrogens with two attached hydrogens (primary N) is 1. The highest BCUT2D eigenvalue weighted by Crippen LogP contribution is 2.07. The van der Waals surface area contributed by atoms with Gasteiger partial charge >= 0.3 is 5.97 Å². The minimum absolute atomic E-state index is 0.0275. The Labute approximate surface area is 207 Å². The van der Waals surface area contributed by atoms with Gasteiger partial charge in [0.25, 0.3) is 0 Å². The zero-order chi connectivity index (χ0) is 26.0. The Morgan fingerprint density at radius 1 is 0.943 bits per heavy atom. The third-order valence-corrected chi connectivity index (χ3v) is 5.95. The maximum atomic E-state index is 13.1. The molecule has 5 unspecified atom stereocenters. The number of carbonyl (C=O) groups is 4. The molecule has 192 valence electrons. The standard InChI is InChI=1S/C21H32N8O5S/c1-3-11(2)17(22)20(32)27-14(4-12-6-23-9-25-12)18(30)29-16(8-35)19(31)28-15(21(33)34)5-13-7-24-10-26-13/h6-7,9-11,14-17,35H,3-5,8,22H2,1-2H3,(H,23,25)(H,24,26)(H,27,32)(H,28,31)(H,29,30)(H,33,34). The van der Waals surface area contributed by atoms with E-state index in [-0.39, 0.29) is 24.5 Å². The predicted molar refractivity (Wildman–Crippen MR) is 129 cm³/mol. The summed E-state index contributed by atoms with van der Waals surface area (Å²) in [6.07, 6.45) is 6.52. The van der Waals surface area contributed by atoms with Gasteiger partial charge in [-0.1, -0.05) is 20.3 Å². The summed E-state index contributed by atoms with van der Waals surface area (Å²) in [7, 11) is 0. The monoisotopic (exact) mass is 508 g/mol. The Balaban J connectivity index is 2.10. The van der Waals surface area contributed by atoms with Crippen LogP contribution in [0, 0.1) is 5.92 Å². The minimum atomic E-state index is -1.25. The highest BCUT2D eigenvalue weighted by molar-refractivity contribution is 7.80. The van der Waals surface area contributed by atoms with E-state index in [1.165, 1.54) is 25.0 Å². The molecule has 0 saturated carbocycles. The maximum Gasteiger partial charge on any atom is 0.326 e. The third-order valence-electron chi connectivity index (χ3n) is 5.58. The molecule has 2 rings (SSSR count). The average Bonchev–Trinajstić information content (AvgIpc) is 3.54. The number of rotatable bonds is 14. The van der Waals surface area contributed by atoms with E-state index >= 15 is 0 Å². The lowest BCUT2D eigenvalue weighted by atomic mass is 9.98. The highest BCUT2D eigenvalue weighted by atomic mass is 32.1. The molecule has 0 aromatic carbocycles. The Kier molecular flexibility index (Phi) is 10.7. The number of amides is 3. The van der Waals surface area contributed by atoms with E-state index in [1.54, 1.807) is 0 Å². The molecule has 0 bridgehead atoms. The summed E-state index contributed by atoms with van der Waals surface area (Å²) in [5.41, 5.74) is 7.11. The summed E-state index contributed by atoms with van der Waals surface area (Å²) in [5, 5.41) is 17.1. The van der Waals surface area contributed by atoms with Crippen LogP contribution in [0.1, 0.15) is 31.7 Å². The van der Waals surface area contributed by atoms with Crippen molar-refractivity contribution in [2.24, 2.45) is 11.7 Å². The van der Waals surface area contributed by atoms with Gasteiger partial charge in [0, 0.05) is 42.4 Å². The number of hydrogen-bond donors (Lipinski definition) is 8. The zero-order valence-electron chi connectivity index (χ0n) is 19.5. The summed E-state index contributed by atoms with van der Waals surface area (Å²) in [6.45, 7) is 3.73. The van der Waals surface area contributed by atoms with Gasteiger partial charge < -0.3 is 36.8 Å². The van der Waals surface area contributed by atoms with E-state index in [4.69, 9.17) is 5.73 Å². The molecule has 8 N–H and O–H groups in total. The van der Waals surface area contributed by atoms with Crippen molar-refractivity contribution in [2.45, 2.75) is 57.3 Å². The van der Waals surface area contributed by atoms with Crippen LogP contribution in [0.2, 0.25) is 0 Å². The molecule has 0 aliphatic carbocycles. The normalized spacial score (nSPS) is 15.3. The number of nitrogens with zero attached hydrogens (tertiary/aromatic N) is 2. The van der Waals surface area contributed by atoms with Crippen LogP contribution in [-0.4, -0.2) is 78.7 Å². The van der Waals surface area contributed by atoms with E-state index in [0.717, 1.165) is 0 Å². The number of thiol groups is 1. The Morgan fingerprint density at radius 2 is 1.43 bits per heavy atom. The second-order valence-corrected chi connectivity index (χ2v) is 8.54. The number of aromatic amines is 2. The number of aliphatic carboxylic acids is 1. The van der Waals surface area contributed by atoms with Crippen LogP contribution >= 0.6 is 12.6 Å². The van der Waals surface area contributed by atoms with Crippen LogP contribution in [0.4, 0.5) is 0 Å². The third kappa shape index (κ3) is 8.40. The van der Waals surface area contributed by atoms with Crippen molar-refractivity contribution in [1.29, 1.82) is 0 Å². The van der Waals surface area contributed by atoms with Crippen molar-refractivity contribution in [3.63, 3.8) is 0 Å². The fourth-order valence-electron chi connectivity index (χ4n) is 3.16. The Hall–Kier alpha value is -3.39. The van der Waals surface area contributed by atoms with Crippen LogP contribution in [0.3, 0.4) is 0 Å². The Morgan fingerprint density at radius 3 is 1.89 bits per heavy atom. The van der Waals surface area contributed by atoms with Crippen molar-refractivity contribution in [3.8, 4) is 0 Å². The summed E-state index contributed by atoms with van der Waals surface area (Å²) < 4.78 is 0. The van der Waals surface area contributed by atoms with Crippen molar-refractivity contribution in [3.05, 3.63) is 36.4 Å². The first kappa shape index (κ1) is 27.9. The second kappa shape index (κ2) is 13.5. The van der Waals surface area contributed by atoms with Gasteiger partial charge in [-0.15, -0.1) is 0 Å². The quantitative estimate of drug-likeness (QED) is 0.144. The van der Waals surface area contributed by atoms with Crippen molar-refractivity contribution in [2.75, 3.05) is 5.75 Å². The minimum Gasteiger partial charge on any atom is -0.480 e. The fraction of sp³-hybridized carbons (Fsp3) is 0.524. The molecule has 2 heterocycles. The summed E-state index contributed by atoms with van der Waals surface area (Å²) in [6, 6.07) is -4.29. The molecule has 35 heavy (non-hydrogen) atoms. The highest BCUT2D eigenvalue weighted by Gasteiger charge is 2.31. The summed E-state index contributed by atoms with van der Waals surface area (Å²) in [5.74, 6) is -3.35. The van der Waals surface area contributed by atoms with E-state index in [2.05, 4.69) is 48.5 Å². The largest absolute Gasteiger partial charge is 0.480 e. The Bertz CT molecular complexity index is 969. The molecule has 2 aromatic heterocycles. The van der Waals surface area contributed by atoms with Crippen LogP contribution in [0.15, 0.2) is 25.0 Å². The van der Waals surface area contributed by atoms with Crippen molar-refractivity contribution < 1.29 is 24.3 Å². The molecule has 3 amide bonds. The van der Waals surface area contributed by atoms with E-state index < -0.39 is 47.9 Å². The summed E-state index contributed by atoms with van der Waals surface area (Å²) in [4.78, 5) is 63.5. The van der Waals surface area contributed by atoms with Gasteiger partial charge in [-0.2, -0.15) is 12.6 Å². The summed E-state index contributed by atoms with van der Waals surface area (Å²) >= 11 is 4.13. The first-order chi connectivity index (χ1) is 16.7. The first-order valence-electron chi connectivity index (χ1n) is 11.1. The molecule has 0 spiro atoms. The van der Waals surface area contributed by atoms with Gasteiger partial charge in [0.1, 0.15) is 18.1 Å². The average molecular weight is 509 g/mol. The fourth-order valence-corrected chi connectivity index (χ4v) is 3.42. The zero-order valence-corrected chi connectivity index (χ0v) is 20.4. The topological polar surface area (TPSA) is 208 Å². The smallest absolute Gasteiger partial charge is 0.326 e. The van der Waals surface area contributed by atoms with E-state index in [1.807, 2.05) is 13.8 Å². The lowest BCUT2D eigenvalue weighted by Crippen LogP contribution is -2.58. The van der Waals surface area contributed by atoms with Gasteiger partial charge in [0.15, 0.2) is 0 Å². The molecule has 0 fully saturated rings. The number of nitrogens with one attached hydrogen (secondary N) is 5. The predicted octanol–water partition coefficient (Wildman–Crippen LogP) is -1.24. The maximum absolute atomic E-state index is 13.1. The molecule has 0 radical (unpaired) electrons. The molecule has 0 aliphatic rings. The van der Waals surface area contributed by atoms with Gasteiger partial charge in [0.05, 0.1) is 18.7 Å². The van der Waals surface area contributed by atoms with E-state index in [9.17, 15) is 24.3 Å². The van der Waals surface area contributed by atoms with Crippen LogP contribution < -0.4 is 21.7 Å². The molecule has 2 aromatic rings. The first-order valence-corrected chi connectivity index (χ1v) is 11.7. The number of carbonyl (C=O) groups excluding carboxylic acids is 3. The van der Waals surface area contributed by atoms with Crippen LogP contribution in [0.25, 0.3) is 0 Å².